The quantitative estimate of drug-likeness (QED) is 0.483. The average molecular weight is 460 g/mol. The molecule has 0 saturated carbocycles. The van der Waals surface area contributed by atoms with Crippen molar-refractivity contribution in [1.82, 2.24) is 4.98 Å². The topological polar surface area (TPSA) is 65.4 Å². The monoisotopic (exact) mass is 460 g/mol. The summed E-state index contributed by atoms with van der Waals surface area (Å²) in [5.41, 5.74) is -7.25. The van der Waals surface area contributed by atoms with Crippen LogP contribution in [0.1, 0.15) is 32.6 Å². The number of aliphatic imine (C=N–C) groups is 1. The van der Waals surface area contributed by atoms with Crippen molar-refractivity contribution in [2.75, 3.05) is 0 Å². The number of aromatic hydroxyl groups is 1. The fraction of sp³-hybridized carbons (Fsp3) is 0.100. The van der Waals surface area contributed by atoms with Gasteiger partial charge in [-0.15, -0.1) is 0 Å². The maximum Gasteiger partial charge on any atom is 0.419 e. The third kappa shape index (κ3) is 3.22. The standard InChI is InChI=1S/C20H8F8N2O2/c21-13-7(3-1-5-9(13)19(23,24)25)15-11-12(18(32)29-15)16(30-17(11)31)8-4-2-6-10(14(8)22)20(26,27)28/h1-6,29,32H. The first-order chi connectivity index (χ1) is 14.8. The highest BCUT2D eigenvalue weighted by Gasteiger charge is 2.40. The van der Waals surface area contributed by atoms with E-state index in [-0.39, 0.29) is 0 Å². The molecule has 1 amide bonds. The van der Waals surface area contributed by atoms with Gasteiger partial charge in [-0.25, -0.2) is 13.8 Å². The Morgan fingerprint density at radius 3 is 1.81 bits per heavy atom. The Hall–Kier alpha value is -3.70. The molecule has 0 atom stereocenters. The van der Waals surface area contributed by atoms with Crippen LogP contribution in [-0.4, -0.2) is 21.7 Å². The van der Waals surface area contributed by atoms with Gasteiger partial charge in [0.05, 0.1) is 33.7 Å². The number of nitrogens with zero attached hydrogens (tertiary/aromatic N) is 1. The van der Waals surface area contributed by atoms with Crippen LogP contribution in [0.2, 0.25) is 0 Å². The molecule has 12 heteroatoms. The molecule has 32 heavy (non-hydrogen) atoms. The summed E-state index contributed by atoms with van der Waals surface area (Å²) in [5, 5.41) is 10.2. The molecule has 1 aromatic heterocycles. The van der Waals surface area contributed by atoms with Gasteiger partial charge < -0.3 is 10.1 Å². The van der Waals surface area contributed by atoms with Crippen molar-refractivity contribution in [3.63, 3.8) is 0 Å². The molecule has 2 heterocycles. The highest BCUT2D eigenvalue weighted by molar-refractivity contribution is 6.30. The summed E-state index contributed by atoms with van der Waals surface area (Å²) in [7, 11) is 0. The van der Waals surface area contributed by atoms with Crippen LogP contribution in [0.25, 0.3) is 11.3 Å². The highest BCUT2D eigenvalue weighted by Crippen LogP contribution is 2.42. The number of aromatic nitrogens is 1. The molecule has 0 unspecified atom stereocenters. The first-order valence-electron chi connectivity index (χ1n) is 8.62. The van der Waals surface area contributed by atoms with Crippen molar-refractivity contribution in [3.05, 3.63) is 75.8 Å². The Kier molecular flexibility index (Phi) is 4.64. The van der Waals surface area contributed by atoms with E-state index in [1.807, 2.05) is 0 Å². The van der Waals surface area contributed by atoms with Crippen molar-refractivity contribution in [2.24, 2.45) is 4.99 Å². The van der Waals surface area contributed by atoms with E-state index >= 15 is 0 Å². The third-order valence-corrected chi connectivity index (χ3v) is 4.78. The number of alkyl halides is 6. The molecule has 166 valence electrons. The summed E-state index contributed by atoms with van der Waals surface area (Å²) >= 11 is 0. The van der Waals surface area contributed by atoms with Crippen LogP contribution >= 0.6 is 0 Å². The lowest BCUT2D eigenvalue weighted by molar-refractivity contribution is -0.140. The molecule has 2 N–H and O–H groups in total. The van der Waals surface area contributed by atoms with E-state index in [4.69, 9.17) is 0 Å². The zero-order chi connectivity index (χ0) is 23.6. The van der Waals surface area contributed by atoms with E-state index in [0.717, 1.165) is 24.3 Å². The largest absolute Gasteiger partial charge is 0.494 e. The molecular weight excluding hydrogens is 452 g/mol. The first kappa shape index (κ1) is 21.5. The molecule has 0 spiro atoms. The number of rotatable bonds is 2. The summed E-state index contributed by atoms with van der Waals surface area (Å²) in [6.07, 6.45) is -10.1. The molecule has 2 aromatic carbocycles. The van der Waals surface area contributed by atoms with Gasteiger partial charge in [0.15, 0.2) is 5.88 Å². The van der Waals surface area contributed by atoms with Crippen LogP contribution in [0.4, 0.5) is 35.1 Å². The fourth-order valence-electron chi connectivity index (χ4n) is 3.42. The Labute approximate surface area is 172 Å². The second-order valence-corrected chi connectivity index (χ2v) is 6.69. The van der Waals surface area contributed by atoms with Gasteiger partial charge in [0.2, 0.25) is 0 Å². The number of aromatic amines is 1. The highest BCUT2D eigenvalue weighted by atomic mass is 19.4. The number of hydrogen-bond donors (Lipinski definition) is 2. The number of benzene rings is 2. The smallest absolute Gasteiger partial charge is 0.419 e. The summed E-state index contributed by atoms with van der Waals surface area (Å²) in [6, 6.07) is 4.40. The minimum absolute atomic E-state index is 0.456. The van der Waals surface area contributed by atoms with E-state index in [1.165, 1.54) is 0 Å². The zero-order valence-electron chi connectivity index (χ0n) is 15.3. The van der Waals surface area contributed by atoms with Crippen molar-refractivity contribution >= 4 is 11.6 Å². The van der Waals surface area contributed by atoms with Gasteiger partial charge in [-0.1, -0.05) is 12.1 Å². The number of amides is 1. The van der Waals surface area contributed by atoms with Crippen LogP contribution in [0.5, 0.6) is 5.88 Å². The van der Waals surface area contributed by atoms with Crippen molar-refractivity contribution in [2.45, 2.75) is 12.4 Å². The zero-order valence-corrected chi connectivity index (χ0v) is 15.3. The van der Waals surface area contributed by atoms with E-state index in [9.17, 15) is 45.0 Å². The van der Waals surface area contributed by atoms with Crippen LogP contribution in [-0.2, 0) is 12.4 Å². The van der Waals surface area contributed by atoms with Gasteiger partial charge in [0.25, 0.3) is 5.91 Å². The van der Waals surface area contributed by atoms with Crippen molar-refractivity contribution in [3.8, 4) is 17.1 Å². The molecule has 1 aliphatic rings. The fourth-order valence-corrected chi connectivity index (χ4v) is 3.42. The molecular formula is C20H8F8N2O2. The van der Waals surface area contributed by atoms with E-state index in [2.05, 4.69) is 9.98 Å². The van der Waals surface area contributed by atoms with Gasteiger partial charge in [-0.3, -0.25) is 4.79 Å². The third-order valence-electron chi connectivity index (χ3n) is 4.78. The SMILES string of the molecule is O=C1N=C(c2cccc(C(F)(F)F)c2F)c2c(O)[nH]c(-c3cccc(C(F)(F)F)c3F)c21. The molecule has 0 fully saturated rings. The Morgan fingerprint density at radius 2 is 1.28 bits per heavy atom. The van der Waals surface area contributed by atoms with Crippen LogP contribution < -0.4 is 0 Å². The summed E-state index contributed by atoms with van der Waals surface area (Å²) in [6.45, 7) is 0. The number of carbonyl (C=O) groups is 1. The number of nitrogens with one attached hydrogen (secondary N) is 1. The molecule has 0 aliphatic carbocycles. The van der Waals surface area contributed by atoms with Gasteiger partial charge in [0, 0.05) is 11.1 Å². The predicted octanol–water partition coefficient (Wildman–Crippen LogP) is 5.69. The number of carbonyl (C=O) groups excluding carboxylic acids is 1. The second kappa shape index (κ2) is 6.90. The number of fused-ring (bicyclic) bond motifs is 1. The second-order valence-electron chi connectivity index (χ2n) is 6.69. The summed E-state index contributed by atoms with van der Waals surface area (Å²) in [5.74, 6) is -5.65. The Bertz CT molecular complexity index is 1300. The van der Waals surface area contributed by atoms with Gasteiger partial charge in [-0.2, -0.15) is 26.3 Å². The number of H-pyrrole nitrogens is 1. The lowest BCUT2D eigenvalue weighted by Crippen LogP contribution is -2.12. The van der Waals surface area contributed by atoms with E-state index in [1.54, 1.807) is 0 Å². The molecule has 0 bridgehead atoms. The van der Waals surface area contributed by atoms with Gasteiger partial charge in [0.1, 0.15) is 11.6 Å². The van der Waals surface area contributed by atoms with E-state index < -0.39 is 80.6 Å². The summed E-state index contributed by atoms with van der Waals surface area (Å²) < 4.78 is 107. The Balaban J connectivity index is 1.92. The Morgan fingerprint density at radius 1 is 0.781 bits per heavy atom. The molecule has 3 aromatic rings. The van der Waals surface area contributed by atoms with Crippen LogP contribution in [0, 0.1) is 11.6 Å². The molecule has 0 radical (unpaired) electrons. The van der Waals surface area contributed by atoms with Gasteiger partial charge >= 0.3 is 12.4 Å². The number of halogens is 8. The minimum Gasteiger partial charge on any atom is -0.494 e. The molecule has 4 rings (SSSR count). The van der Waals surface area contributed by atoms with Gasteiger partial charge in [-0.05, 0) is 24.3 Å². The maximum absolute atomic E-state index is 14.6. The van der Waals surface area contributed by atoms with Crippen molar-refractivity contribution < 1.29 is 45.0 Å². The lowest BCUT2D eigenvalue weighted by atomic mass is 9.97. The molecule has 1 aliphatic heterocycles. The van der Waals surface area contributed by atoms with Crippen LogP contribution in [0.15, 0.2) is 41.4 Å². The normalized spacial score (nSPS) is 14.0. The molecule has 0 saturated heterocycles. The van der Waals surface area contributed by atoms with Crippen LogP contribution in [0.3, 0.4) is 0 Å². The van der Waals surface area contributed by atoms with Crippen molar-refractivity contribution in [1.29, 1.82) is 0 Å². The first-order valence-corrected chi connectivity index (χ1v) is 8.62. The van der Waals surface area contributed by atoms with E-state index in [0.29, 0.717) is 12.1 Å². The number of hydrogen-bond acceptors (Lipinski definition) is 2. The summed E-state index contributed by atoms with van der Waals surface area (Å²) in [4.78, 5) is 18.0. The maximum atomic E-state index is 14.6. The lowest BCUT2D eigenvalue weighted by Gasteiger charge is -2.11. The molecule has 4 nitrogen and oxygen atoms in total. The minimum atomic E-state index is -5.07. The predicted molar refractivity (Wildman–Crippen MR) is 94.2 cm³/mol. The average Bonchev–Trinajstić information content (AvgIpc) is 3.19.